The number of hydrogen-bond donors (Lipinski definition) is 2. The van der Waals surface area contributed by atoms with Gasteiger partial charge in [0.15, 0.2) is 0 Å². The molecule has 1 unspecified atom stereocenters. The van der Waals surface area contributed by atoms with E-state index in [1.54, 1.807) is 0 Å². The molecule has 20 heavy (non-hydrogen) atoms. The van der Waals surface area contributed by atoms with E-state index >= 15 is 0 Å². The molecule has 1 atom stereocenters. The van der Waals surface area contributed by atoms with Crippen molar-refractivity contribution in [2.75, 3.05) is 24.5 Å². The molecule has 1 aromatic carbocycles. The molecule has 2 N–H and O–H groups in total. The van der Waals surface area contributed by atoms with E-state index in [-0.39, 0.29) is 6.10 Å². The zero-order valence-corrected chi connectivity index (χ0v) is 13.2. The van der Waals surface area contributed by atoms with Crippen LogP contribution in [-0.4, -0.2) is 30.8 Å². The van der Waals surface area contributed by atoms with E-state index < -0.39 is 0 Å². The van der Waals surface area contributed by atoms with Gasteiger partial charge in [-0.15, -0.1) is 0 Å². The second kappa shape index (κ2) is 7.30. The Hall–Kier alpha value is -0.770. The molecule has 1 heterocycles. The standard InChI is InChI=1S/C16H25ClN2O/c1-12(2)9-18-10-14-15(17)6-3-7-16(14)19-8-4-5-13(20)11-19/h3,6-7,12-13,18,20H,4-5,8-11H2,1-2H3. The average molecular weight is 297 g/mol. The molecule has 1 aliphatic heterocycles. The molecule has 0 amide bonds. The maximum absolute atomic E-state index is 9.86. The topological polar surface area (TPSA) is 35.5 Å². The number of halogens is 1. The van der Waals surface area contributed by atoms with Gasteiger partial charge in [-0.2, -0.15) is 0 Å². The number of anilines is 1. The Morgan fingerprint density at radius 2 is 2.25 bits per heavy atom. The lowest BCUT2D eigenvalue weighted by Gasteiger charge is -2.33. The Bertz CT molecular complexity index is 436. The molecule has 1 aliphatic rings. The highest BCUT2D eigenvalue weighted by Crippen LogP contribution is 2.29. The fraction of sp³-hybridized carbons (Fsp3) is 0.625. The summed E-state index contributed by atoms with van der Waals surface area (Å²) in [5, 5.41) is 14.1. The van der Waals surface area contributed by atoms with Gasteiger partial charge in [-0.3, -0.25) is 0 Å². The van der Waals surface area contributed by atoms with Gasteiger partial charge >= 0.3 is 0 Å². The normalized spacial score (nSPS) is 19.6. The highest BCUT2D eigenvalue weighted by atomic mass is 35.5. The molecule has 4 heteroatoms. The van der Waals surface area contributed by atoms with Crippen LogP contribution in [0.1, 0.15) is 32.3 Å². The Morgan fingerprint density at radius 1 is 1.45 bits per heavy atom. The lowest BCUT2D eigenvalue weighted by Crippen LogP contribution is -2.39. The first-order chi connectivity index (χ1) is 9.58. The summed E-state index contributed by atoms with van der Waals surface area (Å²) >= 11 is 6.37. The molecule has 0 radical (unpaired) electrons. The molecule has 2 rings (SSSR count). The monoisotopic (exact) mass is 296 g/mol. The fourth-order valence-corrected chi connectivity index (χ4v) is 2.91. The van der Waals surface area contributed by atoms with Gasteiger partial charge in [-0.05, 0) is 37.4 Å². The van der Waals surface area contributed by atoms with Crippen LogP contribution in [0.4, 0.5) is 5.69 Å². The van der Waals surface area contributed by atoms with Crippen LogP contribution < -0.4 is 10.2 Å². The summed E-state index contributed by atoms with van der Waals surface area (Å²) in [5.74, 6) is 0.623. The SMILES string of the molecule is CC(C)CNCc1c(Cl)cccc1N1CCCC(O)C1. The largest absolute Gasteiger partial charge is 0.391 e. The molecule has 0 bridgehead atoms. The highest BCUT2D eigenvalue weighted by Gasteiger charge is 2.20. The van der Waals surface area contributed by atoms with Crippen molar-refractivity contribution in [1.82, 2.24) is 5.32 Å². The number of benzene rings is 1. The van der Waals surface area contributed by atoms with Gasteiger partial charge in [-0.1, -0.05) is 31.5 Å². The van der Waals surface area contributed by atoms with Gasteiger partial charge < -0.3 is 15.3 Å². The zero-order chi connectivity index (χ0) is 14.5. The fourth-order valence-electron chi connectivity index (χ4n) is 2.68. The van der Waals surface area contributed by atoms with Crippen molar-refractivity contribution in [3.63, 3.8) is 0 Å². The lowest BCUT2D eigenvalue weighted by molar-refractivity contribution is 0.154. The molecule has 1 saturated heterocycles. The third-order valence-corrected chi connectivity index (χ3v) is 4.04. The van der Waals surface area contributed by atoms with Gasteiger partial charge in [0.2, 0.25) is 0 Å². The van der Waals surface area contributed by atoms with E-state index in [4.69, 9.17) is 11.6 Å². The van der Waals surface area contributed by atoms with Crippen molar-refractivity contribution in [1.29, 1.82) is 0 Å². The smallest absolute Gasteiger partial charge is 0.0715 e. The van der Waals surface area contributed by atoms with Crippen LogP contribution in [0.3, 0.4) is 0 Å². The zero-order valence-electron chi connectivity index (χ0n) is 12.4. The number of β-amino-alcohol motifs (C(OH)–C–C–N with tert-alkyl or cyclic N) is 1. The number of rotatable bonds is 5. The van der Waals surface area contributed by atoms with Gasteiger partial charge in [0.05, 0.1) is 6.10 Å². The highest BCUT2D eigenvalue weighted by molar-refractivity contribution is 6.31. The summed E-state index contributed by atoms with van der Waals surface area (Å²) in [4.78, 5) is 2.26. The van der Waals surface area contributed by atoms with Crippen LogP contribution in [0.5, 0.6) is 0 Å². The number of aliphatic hydroxyl groups excluding tert-OH is 1. The van der Waals surface area contributed by atoms with Crippen LogP contribution in [-0.2, 0) is 6.54 Å². The van der Waals surface area contributed by atoms with Crippen molar-refractivity contribution in [3.8, 4) is 0 Å². The van der Waals surface area contributed by atoms with Gasteiger partial charge in [0.25, 0.3) is 0 Å². The number of nitrogens with zero attached hydrogens (tertiary/aromatic N) is 1. The van der Waals surface area contributed by atoms with Crippen molar-refractivity contribution in [3.05, 3.63) is 28.8 Å². The van der Waals surface area contributed by atoms with Crippen LogP contribution in [0, 0.1) is 5.92 Å². The van der Waals surface area contributed by atoms with Crippen LogP contribution >= 0.6 is 11.6 Å². The van der Waals surface area contributed by atoms with E-state index in [0.717, 1.165) is 48.7 Å². The maximum Gasteiger partial charge on any atom is 0.0715 e. The van der Waals surface area contributed by atoms with Crippen LogP contribution in [0.15, 0.2) is 18.2 Å². The Balaban J connectivity index is 2.12. The summed E-state index contributed by atoms with van der Waals surface area (Å²) in [6, 6.07) is 6.04. The third kappa shape index (κ3) is 4.11. The van der Waals surface area contributed by atoms with E-state index in [2.05, 4.69) is 30.1 Å². The van der Waals surface area contributed by atoms with E-state index in [0.29, 0.717) is 12.5 Å². The first-order valence-electron chi connectivity index (χ1n) is 7.49. The number of aliphatic hydroxyl groups is 1. The molecular weight excluding hydrogens is 272 g/mol. The van der Waals surface area contributed by atoms with Crippen molar-refractivity contribution in [2.45, 2.75) is 39.3 Å². The number of hydrogen-bond acceptors (Lipinski definition) is 3. The van der Waals surface area contributed by atoms with E-state index in [1.807, 2.05) is 12.1 Å². The minimum absolute atomic E-state index is 0.223. The minimum atomic E-state index is -0.223. The summed E-state index contributed by atoms with van der Waals surface area (Å²) in [6.07, 6.45) is 1.71. The average Bonchev–Trinajstić information content (AvgIpc) is 2.40. The van der Waals surface area contributed by atoms with Gasteiger partial charge in [0.1, 0.15) is 0 Å². The Labute approximate surface area is 126 Å². The lowest BCUT2D eigenvalue weighted by atomic mass is 10.0. The quantitative estimate of drug-likeness (QED) is 0.877. The van der Waals surface area contributed by atoms with Gasteiger partial charge in [-0.25, -0.2) is 0 Å². The predicted octanol–water partition coefficient (Wildman–Crippen LogP) is 3.05. The molecule has 0 spiro atoms. The second-order valence-electron chi connectivity index (χ2n) is 6.00. The molecule has 1 fully saturated rings. The maximum atomic E-state index is 9.86. The molecule has 0 aliphatic carbocycles. The van der Waals surface area contributed by atoms with Crippen molar-refractivity contribution >= 4 is 17.3 Å². The van der Waals surface area contributed by atoms with Crippen molar-refractivity contribution in [2.24, 2.45) is 5.92 Å². The van der Waals surface area contributed by atoms with Crippen LogP contribution in [0.25, 0.3) is 0 Å². The first-order valence-corrected chi connectivity index (χ1v) is 7.87. The van der Waals surface area contributed by atoms with E-state index in [9.17, 15) is 5.11 Å². The summed E-state index contributed by atoms with van der Waals surface area (Å²) in [7, 11) is 0. The Morgan fingerprint density at radius 3 is 2.95 bits per heavy atom. The number of piperidine rings is 1. The van der Waals surface area contributed by atoms with Gasteiger partial charge in [0, 0.05) is 35.9 Å². The first kappa shape index (κ1) is 15.6. The van der Waals surface area contributed by atoms with Crippen LogP contribution in [0.2, 0.25) is 5.02 Å². The third-order valence-electron chi connectivity index (χ3n) is 3.69. The molecular formula is C16H25ClN2O. The predicted molar refractivity (Wildman–Crippen MR) is 85.5 cm³/mol. The molecule has 0 saturated carbocycles. The second-order valence-corrected chi connectivity index (χ2v) is 6.41. The summed E-state index contributed by atoms with van der Waals surface area (Å²) < 4.78 is 0. The molecule has 0 aromatic heterocycles. The van der Waals surface area contributed by atoms with E-state index in [1.165, 1.54) is 0 Å². The molecule has 1 aromatic rings. The summed E-state index contributed by atoms with van der Waals surface area (Å²) in [5.41, 5.74) is 2.30. The molecule has 112 valence electrons. The Kier molecular flexibility index (Phi) is 5.70. The van der Waals surface area contributed by atoms with Crippen molar-refractivity contribution < 1.29 is 5.11 Å². The molecule has 3 nitrogen and oxygen atoms in total. The minimum Gasteiger partial charge on any atom is -0.391 e. The number of nitrogens with one attached hydrogen (secondary N) is 1. The summed E-state index contributed by atoms with van der Waals surface area (Å²) in [6.45, 7) is 7.85.